The fraction of sp³-hybridized carbons (Fsp3) is 0.158. The molecule has 132 valence electrons. The molecule has 0 saturated carbocycles. The van der Waals surface area contributed by atoms with Gasteiger partial charge < -0.3 is 10.1 Å². The van der Waals surface area contributed by atoms with Crippen molar-refractivity contribution in [2.75, 3.05) is 12.4 Å². The third kappa shape index (κ3) is 3.68. The van der Waals surface area contributed by atoms with Gasteiger partial charge in [0.05, 0.1) is 12.3 Å². The van der Waals surface area contributed by atoms with Crippen LogP contribution in [0.4, 0.5) is 5.69 Å². The molecule has 0 unspecified atom stereocenters. The first kappa shape index (κ1) is 17.5. The van der Waals surface area contributed by atoms with Gasteiger partial charge in [-0.25, -0.2) is 4.68 Å². The highest BCUT2D eigenvalue weighted by molar-refractivity contribution is 6.04. The molecule has 3 aromatic rings. The molecule has 0 aliphatic rings. The number of carbonyl (C=O) groups excluding carboxylic acids is 2. The zero-order valence-electron chi connectivity index (χ0n) is 14.5. The number of carbonyl (C=O) groups is 2. The fourth-order valence-corrected chi connectivity index (χ4v) is 2.50. The van der Waals surface area contributed by atoms with Crippen molar-refractivity contribution in [3.63, 3.8) is 0 Å². The Kier molecular flexibility index (Phi) is 5.19. The first-order valence-corrected chi connectivity index (χ1v) is 8.01. The van der Waals surface area contributed by atoms with E-state index in [1.54, 1.807) is 36.1 Å². The van der Waals surface area contributed by atoms with E-state index in [4.69, 9.17) is 4.74 Å². The van der Waals surface area contributed by atoms with Gasteiger partial charge in [-0.15, -0.1) is 5.10 Å². The maximum absolute atomic E-state index is 12.6. The van der Waals surface area contributed by atoms with E-state index in [1.165, 1.54) is 6.92 Å². The fourth-order valence-electron chi connectivity index (χ4n) is 2.50. The number of ether oxygens (including phenoxy) is 1. The maximum atomic E-state index is 12.6. The molecule has 3 rings (SSSR count). The second-order valence-electron chi connectivity index (χ2n) is 5.65. The highest BCUT2D eigenvalue weighted by Crippen LogP contribution is 2.16. The van der Waals surface area contributed by atoms with Gasteiger partial charge >= 0.3 is 0 Å². The second-order valence-corrected chi connectivity index (χ2v) is 5.65. The highest BCUT2D eigenvalue weighted by atomic mass is 16.5. The molecule has 7 heteroatoms. The number of para-hydroxylation sites is 1. The van der Waals surface area contributed by atoms with E-state index < -0.39 is 5.91 Å². The van der Waals surface area contributed by atoms with E-state index in [0.29, 0.717) is 16.9 Å². The zero-order valence-corrected chi connectivity index (χ0v) is 14.5. The number of anilines is 1. The molecule has 0 fully saturated rings. The smallest absolute Gasteiger partial charge is 0.278 e. The number of hydrogen-bond donors (Lipinski definition) is 1. The summed E-state index contributed by atoms with van der Waals surface area (Å²) in [6.07, 6.45) is 0. The van der Waals surface area contributed by atoms with Crippen LogP contribution in [0.3, 0.4) is 0 Å². The summed E-state index contributed by atoms with van der Waals surface area (Å²) < 4.78 is 6.79. The molecule has 0 saturated heterocycles. The van der Waals surface area contributed by atoms with Crippen LogP contribution in [0.1, 0.15) is 33.5 Å². The summed E-state index contributed by atoms with van der Waals surface area (Å²) in [5.41, 5.74) is 2.68. The molecule has 0 aliphatic heterocycles. The van der Waals surface area contributed by atoms with Gasteiger partial charge in [0, 0.05) is 18.4 Å². The number of Topliss-reactive ketones (excluding diaryl/α,β-unsaturated/α-hetero) is 1. The van der Waals surface area contributed by atoms with Crippen LogP contribution >= 0.6 is 0 Å². The quantitative estimate of drug-likeness (QED) is 0.691. The Morgan fingerprint density at radius 2 is 1.77 bits per heavy atom. The molecule has 0 spiro atoms. The predicted octanol–water partition coefficient (Wildman–Crippen LogP) is 2.87. The van der Waals surface area contributed by atoms with Crippen molar-refractivity contribution < 1.29 is 14.3 Å². The lowest BCUT2D eigenvalue weighted by atomic mass is 10.1. The van der Waals surface area contributed by atoms with E-state index >= 15 is 0 Å². The third-order valence-electron chi connectivity index (χ3n) is 3.81. The van der Waals surface area contributed by atoms with Crippen molar-refractivity contribution in [3.8, 4) is 5.69 Å². The van der Waals surface area contributed by atoms with Gasteiger partial charge in [-0.2, -0.15) is 0 Å². The normalized spacial score (nSPS) is 10.5. The Morgan fingerprint density at radius 1 is 1.08 bits per heavy atom. The van der Waals surface area contributed by atoms with E-state index in [2.05, 4.69) is 15.6 Å². The largest absolute Gasteiger partial charge is 0.378 e. The molecular weight excluding hydrogens is 332 g/mol. The van der Waals surface area contributed by atoms with Gasteiger partial charge in [-0.1, -0.05) is 23.4 Å². The summed E-state index contributed by atoms with van der Waals surface area (Å²) in [4.78, 5) is 24.0. The second kappa shape index (κ2) is 7.71. The van der Waals surface area contributed by atoms with Crippen molar-refractivity contribution in [1.29, 1.82) is 0 Å². The van der Waals surface area contributed by atoms with Crippen LogP contribution in [0.15, 0.2) is 54.6 Å². The minimum Gasteiger partial charge on any atom is -0.378 e. The lowest BCUT2D eigenvalue weighted by molar-refractivity contribution is 0.101. The molecule has 2 aromatic carbocycles. The summed E-state index contributed by atoms with van der Waals surface area (Å²) in [5.74, 6) is -0.425. The van der Waals surface area contributed by atoms with Crippen LogP contribution < -0.4 is 5.32 Å². The van der Waals surface area contributed by atoms with Gasteiger partial charge in [0.1, 0.15) is 5.69 Å². The van der Waals surface area contributed by atoms with Gasteiger partial charge in [0.15, 0.2) is 11.5 Å². The molecule has 0 aliphatic carbocycles. The summed E-state index contributed by atoms with van der Waals surface area (Å²) in [6.45, 7) is 1.68. The van der Waals surface area contributed by atoms with Crippen molar-refractivity contribution >= 4 is 17.4 Å². The van der Waals surface area contributed by atoms with Crippen LogP contribution in [0.5, 0.6) is 0 Å². The standard InChI is InChI=1S/C19H18N4O3/c1-13(24)14-8-10-15(11-9-14)20-19(25)18-17(12-26-2)23(22-21-18)16-6-4-3-5-7-16/h3-11H,12H2,1-2H3,(H,20,25). The molecule has 26 heavy (non-hydrogen) atoms. The first-order valence-electron chi connectivity index (χ1n) is 8.01. The predicted molar refractivity (Wildman–Crippen MR) is 96.5 cm³/mol. The maximum Gasteiger partial charge on any atom is 0.278 e. The van der Waals surface area contributed by atoms with Gasteiger partial charge in [-0.05, 0) is 43.3 Å². The lowest BCUT2D eigenvalue weighted by Crippen LogP contribution is -2.16. The molecule has 0 radical (unpaired) electrons. The number of methoxy groups -OCH3 is 1. The number of rotatable bonds is 6. The van der Waals surface area contributed by atoms with E-state index in [1.807, 2.05) is 30.3 Å². The first-order chi connectivity index (χ1) is 12.6. The summed E-state index contributed by atoms with van der Waals surface area (Å²) in [7, 11) is 1.55. The minimum atomic E-state index is -0.394. The minimum absolute atomic E-state index is 0.0314. The number of hydrogen-bond acceptors (Lipinski definition) is 5. The Labute approximate surface area is 150 Å². The molecule has 1 heterocycles. The number of aromatic nitrogens is 3. The summed E-state index contributed by atoms with van der Waals surface area (Å²) in [5, 5.41) is 10.9. The van der Waals surface area contributed by atoms with E-state index in [9.17, 15) is 9.59 Å². The molecule has 0 bridgehead atoms. The molecule has 0 atom stereocenters. The highest BCUT2D eigenvalue weighted by Gasteiger charge is 2.20. The number of benzene rings is 2. The van der Waals surface area contributed by atoms with Crippen LogP contribution in [-0.4, -0.2) is 33.8 Å². The average Bonchev–Trinajstić information content (AvgIpc) is 3.07. The summed E-state index contributed by atoms with van der Waals surface area (Å²) in [6, 6.07) is 16.1. The lowest BCUT2D eigenvalue weighted by Gasteiger charge is -2.08. The van der Waals surface area contributed by atoms with Gasteiger partial charge in [-0.3, -0.25) is 9.59 Å². The molecular formula is C19H18N4O3. The summed E-state index contributed by atoms with van der Waals surface area (Å²) >= 11 is 0. The van der Waals surface area contributed by atoms with Crippen LogP contribution in [0.2, 0.25) is 0 Å². The SMILES string of the molecule is COCc1c(C(=O)Nc2ccc(C(C)=O)cc2)nnn1-c1ccccc1. The number of ketones is 1. The molecule has 1 aromatic heterocycles. The average molecular weight is 350 g/mol. The topological polar surface area (TPSA) is 86.1 Å². The van der Waals surface area contributed by atoms with E-state index in [0.717, 1.165) is 5.69 Å². The van der Waals surface area contributed by atoms with Crippen molar-refractivity contribution in [1.82, 2.24) is 15.0 Å². The Morgan fingerprint density at radius 3 is 2.38 bits per heavy atom. The Hall–Kier alpha value is -3.32. The van der Waals surface area contributed by atoms with Crippen LogP contribution in [0, 0.1) is 0 Å². The van der Waals surface area contributed by atoms with Crippen LogP contribution in [-0.2, 0) is 11.3 Å². The molecule has 7 nitrogen and oxygen atoms in total. The van der Waals surface area contributed by atoms with Crippen molar-refractivity contribution in [2.24, 2.45) is 0 Å². The van der Waals surface area contributed by atoms with E-state index in [-0.39, 0.29) is 18.1 Å². The van der Waals surface area contributed by atoms with Gasteiger partial charge in [0.2, 0.25) is 0 Å². The Bertz CT molecular complexity index is 918. The van der Waals surface area contributed by atoms with Crippen LogP contribution in [0.25, 0.3) is 5.69 Å². The molecule has 1 N–H and O–H groups in total. The zero-order chi connectivity index (χ0) is 18.5. The Balaban J connectivity index is 1.87. The number of nitrogens with one attached hydrogen (secondary N) is 1. The van der Waals surface area contributed by atoms with Gasteiger partial charge in [0.25, 0.3) is 5.91 Å². The van der Waals surface area contributed by atoms with Crippen molar-refractivity contribution in [2.45, 2.75) is 13.5 Å². The number of amides is 1. The number of nitrogens with zero attached hydrogens (tertiary/aromatic N) is 3. The van der Waals surface area contributed by atoms with Crippen molar-refractivity contribution in [3.05, 3.63) is 71.5 Å². The molecule has 1 amide bonds. The third-order valence-corrected chi connectivity index (χ3v) is 3.81. The monoisotopic (exact) mass is 350 g/mol.